The zero-order valence-electron chi connectivity index (χ0n) is 15.1. The molecule has 2 heterocycles. The number of amides is 1. The van der Waals surface area contributed by atoms with Crippen LogP contribution in [0.3, 0.4) is 0 Å². The van der Waals surface area contributed by atoms with Crippen molar-refractivity contribution in [3.8, 4) is 0 Å². The summed E-state index contributed by atoms with van der Waals surface area (Å²) in [6.45, 7) is 5.21. The van der Waals surface area contributed by atoms with Crippen molar-refractivity contribution in [3.63, 3.8) is 0 Å². The van der Waals surface area contributed by atoms with Crippen molar-refractivity contribution in [2.75, 3.05) is 14.2 Å². The van der Waals surface area contributed by atoms with Crippen molar-refractivity contribution in [2.45, 2.75) is 33.7 Å². The summed E-state index contributed by atoms with van der Waals surface area (Å²) in [5.74, 6) is 0.452. The second-order valence-corrected chi connectivity index (χ2v) is 5.97. The standard InChI is InChI=1S/C18H22N2O5/c1-10-6-7-13(25-10)9-20(4)15(22)8-14-16(18(23)24-5)11(2)17(19-14)12(3)21/h6-7,19H,8-9H2,1-5H3. The maximum absolute atomic E-state index is 12.5. The summed E-state index contributed by atoms with van der Waals surface area (Å²) >= 11 is 0. The molecule has 134 valence electrons. The molecule has 0 unspecified atom stereocenters. The van der Waals surface area contributed by atoms with E-state index in [1.807, 2.05) is 19.1 Å². The largest absolute Gasteiger partial charge is 0.465 e. The van der Waals surface area contributed by atoms with Crippen LogP contribution in [0.2, 0.25) is 0 Å². The molecule has 25 heavy (non-hydrogen) atoms. The number of nitrogens with one attached hydrogen (secondary N) is 1. The fourth-order valence-corrected chi connectivity index (χ4v) is 2.70. The highest BCUT2D eigenvalue weighted by Crippen LogP contribution is 2.21. The fraction of sp³-hybridized carbons (Fsp3) is 0.389. The van der Waals surface area contributed by atoms with E-state index in [0.29, 0.717) is 29.3 Å². The number of ether oxygens (including phenoxy) is 1. The number of carbonyl (C=O) groups excluding carboxylic acids is 3. The van der Waals surface area contributed by atoms with Gasteiger partial charge in [-0.3, -0.25) is 9.59 Å². The summed E-state index contributed by atoms with van der Waals surface area (Å²) in [5, 5.41) is 0. The highest BCUT2D eigenvalue weighted by atomic mass is 16.5. The number of likely N-dealkylation sites (N-methyl/N-ethyl adjacent to an activating group) is 1. The molecule has 2 aromatic heterocycles. The van der Waals surface area contributed by atoms with Crippen LogP contribution in [0.4, 0.5) is 0 Å². The second kappa shape index (κ2) is 7.38. The second-order valence-electron chi connectivity index (χ2n) is 5.97. The van der Waals surface area contributed by atoms with Crippen molar-refractivity contribution in [1.29, 1.82) is 0 Å². The molecule has 0 fully saturated rings. The number of aromatic nitrogens is 1. The number of aryl methyl sites for hydroxylation is 1. The predicted octanol–water partition coefficient (Wildman–Crippen LogP) is 2.41. The number of nitrogens with zero attached hydrogens (tertiary/aromatic N) is 1. The Morgan fingerprint density at radius 1 is 1.24 bits per heavy atom. The van der Waals surface area contributed by atoms with Crippen molar-refractivity contribution in [3.05, 3.63) is 46.2 Å². The van der Waals surface area contributed by atoms with E-state index in [4.69, 9.17) is 9.15 Å². The lowest BCUT2D eigenvalue weighted by atomic mass is 10.1. The number of H-pyrrole nitrogens is 1. The zero-order chi connectivity index (χ0) is 18.7. The summed E-state index contributed by atoms with van der Waals surface area (Å²) < 4.78 is 10.2. The van der Waals surface area contributed by atoms with Crippen LogP contribution in [0, 0.1) is 13.8 Å². The van der Waals surface area contributed by atoms with Gasteiger partial charge in [0.2, 0.25) is 5.91 Å². The predicted molar refractivity (Wildman–Crippen MR) is 90.5 cm³/mol. The lowest BCUT2D eigenvalue weighted by molar-refractivity contribution is -0.130. The van der Waals surface area contributed by atoms with E-state index in [9.17, 15) is 14.4 Å². The van der Waals surface area contributed by atoms with Crippen LogP contribution in [0.5, 0.6) is 0 Å². The molecule has 0 atom stereocenters. The Labute approximate surface area is 145 Å². The average Bonchev–Trinajstić information content (AvgIpc) is 3.10. The molecule has 0 spiro atoms. The van der Waals surface area contributed by atoms with E-state index in [2.05, 4.69) is 4.98 Å². The Bertz CT molecular complexity index is 816. The lowest BCUT2D eigenvalue weighted by Crippen LogP contribution is -2.28. The van der Waals surface area contributed by atoms with Gasteiger partial charge < -0.3 is 19.0 Å². The number of rotatable bonds is 6. The van der Waals surface area contributed by atoms with Crippen molar-refractivity contribution < 1.29 is 23.5 Å². The third-order valence-electron chi connectivity index (χ3n) is 4.01. The molecule has 0 saturated carbocycles. The van der Waals surface area contributed by atoms with Gasteiger partial charge in [-0.25, -0.2) is 4.79 Å². The number of Topliss-reactive ketones (excluding diaryl/α,β-unsaturated/α-hetero) is 1. The Balaban J connectivity index is 2.23. The summed E-state index contributed by atoms with van der Waals surface area (Å²) in [5.41, 5.74) is 1.42. The SMILES string of the molecule is COC(=O)c1c(CC(=O)N(C)Cc2ccc(C)o2)[nH]c(C(C)=O)c1C. The first-order chi connectivity index (χ1) is 11.7. The van der Waals surface area contributed by atoms with Crippen LogP contribution in [0.1, 0.15) is 50.5 Å². The fourth-order valence-electron chi connectivity index (χ4n) is 2.70. The third-order valence-corrected chi connectivity index (χ3v) is 4.01. The number of hydrogen-bond donors (Lipinski definition) is 1. The first kappa shape index (κ1) is 18.5. The molecule has 0 aliphatic carbocycles. The molecule has 2 rings (SSSR count). The molecule has 0 bridgehead atoms. The number of carbonyl (C=O) groups is 3. The maximum atomic E-state index is 12.5. The molecule has 0 aliphatic heterocycles. The topological polar surface area (TPSA) is 92.6 Å². The van der Waals surface area contributed by atoms with Gasteiger partial charge in [0.05, 0.1) is 31.3 Å². The maximum Gasteiger partial charge on any atom is 0.339 e. The molecule has 1 N–H and O–H groups in total. The smallest absolute Gasteiger partial charge is 0.339 e. The van der Waals surface area contributed by atoms with Crippen LogP contribution >= 0.6 is 0 Å². The quantitative estimate of drug-likeness (QED) is 0.640. The number of esters is 1. The summed E-state index contributed by atoms with van der Waals surface area (Å²) in [7, 11) is 2.92. The molecule has 1 amide bonds. The summed E-state index contributed by atoms with van der Waals surface area (Å²) in [4.78, 5) is 40.7. The third kappa shape index (κ3) is 3.99. The van der Waals surface area contributed by atoms with Gasteiger partial charge in [-0.2, -0.15) is 0 Å². The Morgan fingerprint density at radius 3 is 2.44 bits per heavy atom. The number of aromatic amines is 1. The molecule has 2 aromatic rings. The minimum atomic E-state index is -0.576. The zero-order valence-corrected chi connectivity index (χ0v) is 15.1. The molecular formula is C18H22N2O5. The van der Waals surface area contributed by atoms with Gasteiger partial charge >= 0.3 is 5.97 Å². The van der Waals surface area contributed by atoms with E-state index in [1.54, 1.807) is 14.0 Å². The van der Waals surface area contributed by atoms with Crippen molar-refractivity contribution in [1.82, 2.24) is 9.88 Å². The molecule has 0 aromatic carbocycles. The Hall–Kier alpha value is -2.83. The van der Waals surface area contributed by atoms with Crippen LogP contribution in [0.15, 0.2) is 16.5 Å². The average molecular weight is 346 g/mol. The molecule has 0 saturated heterocycles. The van der Waals surface area contributed by atoms with E-state index >= 15 is 0 Å². The van der Waals surface area contributed by atoms with Crippen LogP contribution in [0.25, 0.3) is 0 Å². The minimum Gasteiger partial charge on any atom is -0.465 e. The molecular weight excluding hydrogens is 324 g/mol. The Kier molecular flexibility index (Phi) is 5.46. The first-order valence-electron chi connectivity index (χ1n) is 7.84. The molecule has 0 radical (unpaired) electrons. The monoisotopic (exact) mass is 346 g/mol. The summed E-state index contributed by atoms with van der Waals surface area (Å²) in [6, 6.07) is 3.64. The normalized spacial score (nSPS) is 10.6. The minimum absolute atomic E-state index is 0.0469. The van der Waals surface area contributed by atoms with Gasteiger partial charge in [0.15, 0.2) is 5.78 Å². The van der Waals surface area contributed by atoms with E-state index in [0.717, 1.165) is 5.76 Å². The van der Waals surface area contributed by atoms with Crippen LogP contribution in [-0.4, -0.2) is 41.7 Å². The van der Waals surface area contributed by atoms with Gasteiger partial charge in [0.1, 0.15) is 11.5 Å². The highest BCUT2D eigenvalue weighted by Gasteiger charge is 2.25. The van der Waals surface area contributed by atoms with Gasteiger partial charge in [-0.05, 0) is 31.5 Å². The number of methoxy groups -OCH3 is 1. The van der Waals surface area contributed by atoms with Gasteiger partial charge in [0, 0.05) is 19.7 Å². The van der Waals surface area contributed by atoms with Gasteiger partial charge in [-0.1, -0.05) is 0 Å². The summed E-state index contributed by atoms with van der Waals surface area (Å²) in [6.07, 6.45) is -0.0469. The molecule has 7 nitrogen and oxygen atoms in total. The van der Waals surface area contributed by atoms with Crippen LogP contribution in [-0.2, 0) is 22.5 Å². The number of furan rings is 1. The van der Waals surface area contributed by atoms with Crippen LogP contribution < -0.4 is 0 Å². The number of ketones is 1. The van der Waals surface area contributed by atoms with Crippen molar-refractivity contribution >= 4 is 17.7 Å². The first-order valence-corrected chi connectivity index (χ1v) is 7.84. The number of hydrogen-bond acceptors (Lipinski definition) is 5. The van der Waals surface area contributed by atoms with Gasteiger partial charge in [-0.15, -0.1) is 0 Å². The van der Waals surface area contributed by atoms with E-state index in [1.165, 1.54) is 18.9 Å². The molecule has 7 heteroatoms. The van der Waals surface area contributed by atoms with E-state index < -0.39 is 5.97 Å². The van der Waals surface area contributed by atoms with E-state index in [-0.39, 0.29) is 23.7 Å². The molecule has 0 aliphatic rings. The highest BCUT2D eigenvalue weighted by molar-refractivity contribution is 6.01. The Morgan fingerprint density at radius 2 is 1.92 bits per heavy atom. The van der Waals surface area contributed by atoms with Crippen molar-refractivity contribution in [2.24, 2.45) is 0 Å². The van der Waals surface area contributed by atoms with Gasteiger partial charge in [0.25, 0.3) is 0 Å². The lowest BCUT2D eigenvalue weighted by Gasteiger charge is -2.15.